The first-order valence-corrected chi connectivity index (χ1v) is 5.82. The summed E-state index contributed by atoms with van der Waals surface area (Å²) in [5.41, 5.74) is 0.717. The molecule has 15 heavy (non-hydrogen) atoms. The zero-order valence-electron chi connectivity index (χ0n) is 8.90. The fourth-order valence-corrected chi connectivity index (χ4v) is 1.84. The third-order valence-electron chi connectivity index (χ3n) is 2.04. The molecule has 2 nitrogen and oxygen atoms in total. The molecule has 0 aliphatic heterocycles. The highest BCUT2D eigenvalue weighted by Crippen LogP contribution is 2.14. The summed E-state index contributed by atoms with van der Waals surface area (Å²) in [5, 5.41) is 0.0581. The first-order chi connectivity index (χ1) is 7.11. The second kappa shape index (κ2) is 5.71. The molecule has 0 saturated heterocycles. The standard InChI is InChI=1S/C12H14O2S/c1-9(8-15-10(2)13)12(14)11-6-4-3-5-7-11/h3-7,9H,8H2,1-2H3/t9-/m1/s1. The van der Waals surface area contributed by atoms with Crippen molar-refractivity contribution < 1.29 is 9.59 Å². The Morgan fingerprint density at radius 1 is 1.27 bits per heavy atom. The molecule has 0 bridgehead atoms. The summed E-state index contributed by atoms with van der Waals surface area (Å²) in [6.07, 6.45) is 0. The average Bonchev–Trinajstić information content (AvgIpc) is 2.26. The second-order valence-corrected chi connectivity index (χ2v) is 4.63. The van der Waals surface area contributed by atoms with Gasteiger partial charge in [0, 0.05) is 24.2 Å². The van der Waals surface area contributed by atoms with Crippen LogP contribution in [0, 0.1) is 5.92 Å². The smallest absolute Gasteiger partial charge is 0.185 e. The van der Waals surface area contributed by atoms with Gasteiger partial charge in [-0.1, -0.05) is 49.0 Å². The summed E-state index contributed by atoms with van der Waals surface area (Å²) in [6, 6.07) is 9.18. The molecule has 80 valence electrons. The summed E-state index contributed by atoms with van der Waals surface area (Å²) in [5.74, 6) is 0.550. The van der Waals surface area contributed by atoms with Gasteiger partial charge in [-0.05, 0) is 0 Å². The van der Waals surface area contributed by atoms with Crippen LogP contribution in [0.3, 0.4) is 0 Å². The Balaban J connectivity index is 2.57. The van der Waals surface area contributed by atoms with Crippen molar-refractivity contribution in [1.82, 2.24) is 0 Å². The molecule has 0 aromatic heterocycles. The zero-order valence-corrected chi connectivity index (χ0v) is 9.71. The molecule has 1 aromatic carbocycles. The molecule has 0 N–H and O–H groups in total. The SMILES string of the molecule is CC(=O)SC[C@@H](C)C(=O)c1ccccc1. The minimum Gasteiger partial charge on any atom is -0.294 e. The van der Waals surface area contributed by atoms with Crippen LogP contribution in [-0.4, -0.2) is 16.7 Å². The second-order valence-electron chi connectivity index (χ2n) is 3.43. The molecule has 3 heteroatoms. The van der Waals surface area contributed by atoms with E-state index in [1.165, 1.54) is 18.7 Å². The summed E-state index contributed by atoms with van der Waals surface area (Å²) < 4.78 is 0. The number of carbonyl (C=O) groups excluding carboxylic acids is 2. The van der Waals surface area contributed by atoms with E-state index in [0.29, 0.717) is 11.3 Å². The van der Waals surface area contributed by atoms with E-state index in [1.54, 1.807) is 12.1 Å². The highest BCUT2D eigenvalue weighted by molar-refractivity contribution is 8.13. The van der Waals surface area contributed by atoms with Gasteiger partial charge in [0.2, 0.25) is 0 Å². The van der Waals surface area contributed by atoms with E-state index in [9.17, 15) is 9.59 Å². The topological polar surface area (TPSA) is 34.1 Å². The van der Waals surface area contributed by atoms with E-state index in [2.05, 4.69) is 0 Å². The van der Waals surface area contributed by atoms with Gasteiger partial charge in [0.15, 0.2) is 10.9 Å². The zero-order chi connectivity index (χ0) is 11.3. The third kappa shape index (κ3) is 3.88. The largest absolute Gasteiger partial charge is 0.294 e. The molecule has 1 aromatic rings. The Bertz CT molecular complexity index is 346. The quantitative estimate of drug-likeness (QED) is 0.735. The highest BCUT2D eigenvalue weighted by atomic mass is 32.2. The van der Waals surface area contributed by atoms with Gasteiger partial charge in [0.25, 0.3) is 0 Å². The first kappa shape index (κ1) is 12.0. The molecular formula is C12H14O2S. The lowest BCUT2D eigenvalue weighted by Crippen LogP contribution is -2.14. The fourth-order valence-electron chi connectivity index (χ4n) is 1.20. The number of Topliss-reactive ketones (excluding diaryl/α,β-unsaturated/α-hetero) is 1. The summed E-state index contributed by atoms with van der Waals surface area (Å²) >= 11 is 1.20. The van der Waals surface area contributed by atoms with E-state index < -0.39 is 0 Å². The van der Waals surface area contributed by atoms with Crippen LogP contribution in [0.15, 0.2) is 30.3 Å². The predicted molar refractivity (Wildman–Crippen MR) is 63.1 cm³/mol. The molecule has 1 atom stereocenters. The summed E-state index contributed by atoms with van der Waals surface area (Å²) in [7, 11) is 0. The lowest BCUT2D eigenvalue weighted by molar-refractivity contribution is -0.109. The van der Waals surface area contributed by atoms with Gasteiger partial charge in [-0.15, -0.1) is 0 Å². The Hall–Kier alpha value is -1.09. The van der Waals surface area contributed by atoms with Crippen molar-refractivity contribution in [3.05, 3.63) is 35.9 Å². The molecule has 0 saturated carbocycles. The molecular weight excluding hydrogens is 208 g/mol. The normalized spacial score (nSPS) is 12.1. The van der Waals surface area contributed by atoms with Crippen molar-refractivity contribution in [2.75, 3.05) is 5.75 Å². The molecule has 0 radical (unpaired) electrons. The molecule has 0 aliphatic carbocycles. The molecule has 0 heterocycles. The Morgan fingerprint density at radius 2 is 1.87 bits per heavy atom. The van der Waals surface area contributed by atoms with Crippen molar-refractivity contribution in [1.29, 1.82) is 0 Å². The number of carbonyl (C=O) groups is 2. The van der Waals surface area contributed by atoms with Crippen molar-refractivity contribution in [2.45, 2.75) is 13.8 Å². The van der Waals surface area contributed by atoms with Crippen LogP contribution in [0.25, 0.3) is 0 Å². The Labute approximate surface area is 94.1 Å². The first-order valence-electron chi connectivity index (χ1n) is 4.84. The van der Waals surface area contributed by atoms with E-state index >= 15 is 0 Å². The van der Waals surface area contributed by atoms with Crippen molar-refractivity contribution in [3.63, 3.8) is 0 Å². The van der Waals surface area contributed by atoms with Crippen LogP contribution in [0.1, 0.15) is 24.2 Å². The van der Waals surface area contributed by atoms with E-state index in [-0.39, 0.29) is 16.8 Å². The van der Waals surface area contributed by atoms with Crippen LogP contribution in [0.4, 0.5) is 0 Å². The van der Waals surface area contributed by atoms with Gasteiger partial charge < -0.3 is 0 Å². The van der Waals surface area contributed by atoms with Crippen molar-refractivity contribution in [2.24, 2.45) is 5.92 Å². The summed E-state index contributed by atoms with van der Waals surface area (Å²) in [4.78, 5) is 22.6. The monoisotopic (exact) mass is 222 g/mol. The maximum atomic E-state index is 11.8. The number of benzene rings is 1. The number of thioether (sulfide) groups is 1. The van der Waals surface area contributed by atoms with Crippen LogP contribution < -0.4 is 0 Å². The van der Waals surface area contributed by atoms with E-state index in [4.69, 9.17) is 0 Å². The highest BCUT2D eigenvalue weighted by Gasteiger charge is 2.15. The van der Waals surface area contributed by atoms with Gasteiger partial charge >= 0.3 is 0 Å². The number of hydrogen-bond acceptors (Lipinski definition) is 3. The van der Waals surface area contributed by atoms with Crippen molar-refractivity contribution in [3.8, 4) is 0 Å². The van der Waals surface area contributed by atoms with E-state index in [0.717, 1.165) is 0 Å². The average molecular weight is 222 g/mol. The van der Waals surface area contributed by atoms with Crippen LogP contribution in [-0.2, 0) is 4.79 Å². The predicted octanol–water partition coefficient (Wildman–Crippen LogP) is 2.79. The van der Waals surface area contributed by atoms with Gasteiger partial charge in [0.05, 0.1) is 0 Å². The molecule has 0 spiro atoms. The molecule has 1 rings (SSSR count). The number of ketones is 1. The molecule has 0 unspecified atom stereocenters. The summed E-state index contributed by atoms with van der Waals surface area (Å²) in [6.45, 7) is 3.37. The van der Waals surface area contributed by atoms with Gasteiger partial charge in [-0.3, -0.25) is 9.59 Å². The third-order valence-corrected chi connectivity index (χ3v) is 3.12. The van der Waals surface area contributed by atoms with Crippen molar-refractivity contribution >= 4 is 22.7 Å². The minimum atomic E-state index is -0.110. The lowest BCUT2D eigenvalue weighted by atomic mass is 10.0. The van der Waals surface area contributed by atoms with E-state index in [1.807, 2.05) is 25.1 Å². The number of hydrogen-bond donors (Lipinski definition) is 0. The van der Waals surface area contributed by atoms with Gasteiger partial charge in [-0.25, -0.2) is 0 Å². The van der Waals surface area contributed by atoms with Crippen LogP contribution in [0.2, 0.25) is 0 Å². The van der Waals surface area contributed by atoms with Gasteiger partial charge in [-0.2, -0.15) is 0 Å². The van der Waals surface area contributed by atoms with Crippen LogP contribution in [0.5, 0.6) is 0 Å². The molecule has 0 amide bonds. The Morgan fingerprint density at radius 3 is 2.40 bits per heavy atom. The molecule has 0 fully saturated rings. The maximum absolute atomic E-state index is 11.8. The number of rotatable bonds is 4. The Kier molecular flexibility index (Phi) is 4.56. The maximum Gasteiger partial charge on any atom is 0.185 e. The fraction of sp³-hybridized carbons (Fsp3) is 0.333. The molecule has 0 aliphatic rings. The van der Waals surface area contributed by atoms with Crippen LogP contribution >= 0.6 is 11.8 Å². The minimum absolute atomic E-state index is 0.0581. The van der Waals surface area contributed by atoms with Gasteiger partial charge in [0.1, 0.15) is 0 Å². The lowest BCUT2D eigenvalue weighted by Gasteiger charge is -2.08.